The molecule has 7 heteroatoms. The fourth-order valence-corrected chi connectivity index (χ4v) is 5.44. The summed E-state index contributed by atoms with van der Waals surface area (Å²) in [6.45, 7) is 12.0. The van der Waals surface area contributed by atoms with Crippen molar-refractivity contribution < 1.29 is 28.9 Å². The van der Waals surface area contributed by atoms with Crippen LogP contribution in [0.4, 0.5) is 0 Å². The Labute approximate surface area is 223 Å². The SMILES string of the molecule is CC[C@H]1/C=C/C=C/C(=O)[C@H](C)C[C@@H](C)[C@H](O[C@@H]2O[C@H](C)C[C@H](N(C)C)[C@H]2O)[C@H](C)/C=C/C(=O)O[C@H]1CC. The van der Waals surface area contributed by atoms with Crippen LogP contribution in [0.15, 0.2) is 36.5 Å². The minimum Gasteiger partial charge on any atom is -0.459 e. The van der Waals surface area contributed by atoms with E-state index in [1.165, 1.54) is 6.08 Å². The summed E-state index contributed by atoms with van der Waals surface area (Å²) >= 11 is 0. The Morgan fingerprint density at radius 3 is 2.32 bits per heavy atom. The zero-order chi connectivity index (χ0) is 27.7. The fraction of sp³-hybridized carbons (Fsp3) is 0.733. The molecule has 0 aliphatic carbocycles. The second kappa shape index (κ2) is 15.0. The molecular formula is C30H49NO6. The molecule has 0 bridgehead atoms. The second-order valence-corrected chi connectivity index (χ2v) is 11.1. The van der Waals surface area contributed by atoms with Crippen molar-refractivity contribution in [1.29, 1.82) is 0 Å². The number of rotatable bonds is 5. The Bertz CT molecular complexity index is 821. The second-order valence-electron chi connectivity index (χ2n) is 11.1. The number of ether oxygens (including phenoxy) is 3. The molecule has 7 nitrogen and oxygen atoms in total. The van der Waals surface area contributed by atoms with E-state index in [9.17, 15) is 14.7 Å². The summed E-state index contributed by atoms with van der Waals surface area (Å²) in [7, 11) is 3.88. The van der Waals surface area contributed by atoms with Gasteiger partial charge in [-0.15, -0.1) is 0 Å². The molecule has 0 aromatic carbocycles. The number of likely N-dealkylation sites (N-methyl/N-ethyl adjacent to an activating group) is 1. The molecule has 2 aliphatic rings. The molecule has 2 aliphatic heterocycles. The molecule has 37 heavy (non-hydrogen) atoms. The first-order valence-electron chi connectivity index (χ1n) is 13.9. The number of carbonyl (C=O) groups excluding carboxylic acids is 2. The summed E-state index contributed by atoms with van der Waals surface area (Å²) in [5, 5.41) is 11.0. The molecule has 210 valence electrons. The van der Waals surface area contributed by atoms with Gasteiger partial charge in [-0.2, -0.15) is 0 Å². The molecule has 0 amide bonds. The predicted octanol–water partition coefficient (Wildman–Crippen LogP) is 4.70. The fourth-order valence-electron chi connectivity index (χ4n) is 5.44. The highest BCUT2D eigenvalue weighted by Gasteiger charge is 2.40. The molecule has 0 aromatic heterocycles. The number of nitrogens with zero attached hydrogens (tertiary/aromatic N) is 1. The van der Waals surface area contributed by atoms with Crippen LogP contribution in [0.2, 0.25) is 0 Å². The van der Waals surface area contributed by atoms with Gasteiger partial charge in [-0.25, -0.2) is 4.79 Å². The molecule has 2 rings (SSSR count). The lowest BCUT2D eigenvalue weighted by Gasteiger charge is -2.43. The highest BCUT2D eigenvalue weighted by atomic mass is 16.7. The Kier molecular flexibility index (Phi) is 12.7. The van der Waals surface area contributed by atoms with Crippen molar-refractivity contribution >= 4 is 11.8 Å². The summed E-state index contributed by atoms with van der Waals surface area (Å²) in [5.41, 5.74) is 0. The van der Waals surface area contributed by atoms with Crippen molar-refractivity contribution in [3.05, 3.63) is 36.5 Å². The third-order valence-corrected chi connectivity index (χ3v) is 7.74. The summed E-state index contributed by atoms with van der Waals surface area (Å²) < 4.78 is 18.3. The molecule has 0 unspecified atom stereocenters. The van der Waals surface area contributed by atoms with E-state index in [1.54, 1.807) is 12.2 Å². The van der Waals surface area contributed by atoms with Crippen molar-refractivity contribution in [3.63, 3.8) is 0 Å². The quantitative estimate of drug-likeness (QED) is 0.527. The lowest BCUT2D eigenvalue weighted by Crippen LogP contribution is -2.55. The molecule has 0 aromatic rings. The van der Waals surface area contributed by atoms with E-state index < -0.39 is 12.4 Å². The average molecular weight is 520 g/mol. The van der Waals surface area contributed by atoms with Crippen molar-refractivity contribution in [2.45, 2.75) is 104 Å². The molecular weight excluding hydrogens is 470 g/mol. The first kappa shape index (κ1) is 31.4. The minimum atomic E-state index is -0.815. The molecule has 0 saturated carbocycles. The third kappa shape index (κ3) is 9.17. The van der Waals surface area contributed by atoms with Gasteiger partial charge in [0.25, 0.3) is 0 Å². The smallest absolute Gasteiger partial charge is 0.330 e. The molecule has 1 N–H and O–H groups in total. The van der Waals surface area contributed by atoms with E-state index in [0.29, 0.717) is 19.3 Å². The number of aliphatic hydroxyl groups excluding tert-OH is 1. The van der Waals surface area contributed by atoms with Gasteiger partial charge >= 0.3 is 5.97 Å². The van der Waals surface area contributed by atoms with Gasteiger partial charge in [0, 0.05) is 29.9 Å². The molecule has 0 spiro atoms. The summed E-state index contributed by atoms with van der Waals surface area (Å²) in [6.07, 6.45) is 11.1. The lowest BCUT2D eigenvalue weighted by molar-refractivity contribution is -0.277. The van der Waals surface area contributed by atoms with Crippen molar-refractivity contribution in [2.75, 3.05) is 14.1 Å². The van der Waals surface area contributed by atoms with Crippen molar-refractivity contribution in [3.8, 4) is 0 Å². The summed E-state index contributed by atoms with van der Waals surface area (Å²) in [6, 6.07) is -0.0905. The van der Waals surface area contributed by atoms with E-state index in [4.69, 9.17) is 14.2 Å². The lowest BCUT2D eigenvalue weighted by atomic mass is 9.84. The van der Waals surface area contributed by atoms with E-state index in [0.717, 1.165) is 6.42 Å². The van der Waals surface area contributed by atoms with E-state index in [-0.39, 0.29) is 59.8 Å². The van der Waals surface area contributed by atoms with Crippen LogP contribution >= 0.6 is 0 Å². The Hall–Kier alpha value is -1.80. The number of allylic oxidation sites excluding steroid dienone is 3. The normalized spacial score (nSPS) is 41.2. The van der Waals surface area contributed by atoms with Crippen LogP contribution in [0.25, 0.3) is 0 Å². The number of aliphatic hydroxyl groups is 1. The average Bonchev–Trinajstić information content (AvgIpc) is 2.85. The molecule has 0 radical (unpaired) electrons. The number of hydrogen-bond donors (Lipinski definition) is 1. The van der Waals surface area contributed by atoms with E-state index >= 15 is 0 Å². The standard InChI is InChI=1S/C30H49NO6/c1-9-23-13-11-12-14-25(32)20(4)17-21(5)29(19(3)15-16-27(33)36-26(23)10-2)37-30-28(34)24(31(7)8)18-22(6)35-30/h11-16,19-24,26,28-30,34H,9-10,17-18H2,1-8H3/b13-11+,14-12+,16-15+/t19-,20-,21-,22-,23+,24+,26+,28-,29-,30+/m1/s1. The maximum atomic E-state index is 12.8. The molecule has 1 saturated heterocycles. The van der Waals surface area contributed by atoms with Crippen LogP contribution in [0.1, 0.15) is 67.2 Å². The van der Waals surface area contributed by atoms with E-state index in [2.05, 4.69) is 6.92 Å². The topological polar surface area (TPSA) is 85.3 Å². The van der Waals surface area contributed by atoms with Gasteiger partial charge < -0.3 is 24.2 Å². The minimum absolute atomic E-state index is 0.0369. The van der Waals surface area contributed by atoms with Crippen LogP contribution in [-0.4, -0.2) is 72.6 Å². The van der Waals surface area contributed by atoms with Gasteiger partial charge in [0.2, 0.25) is 0 Å². The van der Waals surface area contributed by atoms with Crippen LogP contribution in [0.3, 0.4) is 0 Å². The monoisotopic (exact) mass is 519 g/mol. The van der Waals surface area contributed by atoms with Gasteiger partial charge in [0.05, 0.1) is 12.2 Å². The van der Waals surface area contributed by atoms with Gasteiger partial charge in [0.1, 0.15) is 12.2 Å². The Morgan fingerprint density at radius 2 is 1.70 bits per heavy atom. The van der Waals surface area contributed by atoms with Crippen LogP contribution < -0.4 is 0 Å². The molecule has 2 heterocycles. The van der Waals surface area contributed by atoms with Gasteiger partial charge in [-0.1, -0.05) is 58.9 Å². The van der Waals surface area contributed by atoms with Crippen LogP contribution in [0.5, 0.6) is 0 Å². The van der Waals surface area contributed by atoms with Gasteiger partial charge in [0.15, 0.2) is 12.1 Å². The molecule has 10 atom stereocenters. The first-order chi connectivity index (χ1) is 17.5. The zero-order valence-corrected chi connectivity index (χ0v) is 24.0. The van der Waals surface area contributed by atoms with Crippen molar-refractivity contribution in [1.82, 2.24) is 4.90 Å². The van der Waals surface area contributed by atoms with Gasteiger partial charge in [-0.05, 0) is 58.7 Å². The Morgan fingerprint density at radius 1 is 1.00 bits per heavy atom. The molecule has 1 fully saturated rings. The number of carbonyl (C=O) groups is 2. The Balaban J connectivity index is 2.35. The third-order valence-electron chi connectivity index (χ3n) is 7.74. The first-order valence-corrected chi connectivity index (χ1v) is 13.9. The van der Waals surface area contributed by atoms with Crippen molar-refractivity contribution in [2.24, 2.45) is 23.7 Å². The van der Waals surface area contributed by atoms with E-state index in [1.807, 2.05) is 71.8 Å². The van der Waals surface area contributed by atoms with Gasteiger partial charge in [-0.3, -0.25) is 4.79 Å². The maximum absolute atomic E-state index is 12.8. The zero-order valence-electron chi connectivity index (χ0n) is 24.0. The number of cyclic esters (lactones) is 1. The number of ketones is 1. The van der Waals surface area contributed by atoms with Crippen LogP contribution in [0, 0.1) is 23.7 Å². The maximum Gasteiger partial charge on any atom is 0.330 e. The number of esters is 1. The summed E-state index contributed by atoms with van der Waals surface area (Å²) in [4.78, 5) is 27.6. The highest BCUT2D eigenvalue weighted by molar-refractivity contribution is 5.91. The predicted molar refractivity (Wildman–Crippen MR) is 146 cm³/mol. The number of hydrogen-bond acceptors (Lipinski definition) is 7. The van der Waals surface area contributed by atoms with Crippen LogP contribution in [-0.2, 0) is 23.8 Å². The highest BCUT2D eigenvalue weighted by Crippen LogP contribution is 2.31. The largest absolute Gasteiger partial charge is 0.459 e. The summed E-state index contributed by atoms with van der Waals surface area (Å²) in [5.74, 6) is -0.662.